The molecule has 4 heteroatoms. The zero-order valence-corrected chi connectivity index (χ0v) is 9.11. The smallest absolute Gasteiger partial charge is 0.127 e. The Hall–Kier alpha value is -1.29. The van der Waals surface area contributed by atoms with Crippen molar-refractivity contribution in [2.24, 2.45) is 0 Å². The van der Waals surface area contributed by atoms with E-state index in [2.05, 4.69) is 22.2 Å². The third-order valence-electron chi connectivity index (χ3n) is 2.97. The van der Waals surface area contributed by atoms with Gasteiger partial charge >= 0.3 is 0 Å². The fourth-order valence-electron chi connectivity index (χ4n) is 2.00. The van der Waals surface area contributed by atoms with Crippen LogP contribution < -0.4 is 11.1 Å². The van der Waals surface area contributed by atoms with Gasteiger partial charge in [-0.3, -0.25) is 0 Å². The normalized spacial score (nSPS) is 21.8. The number of hydrogen-bond donors (Lipinski definition) is 2. The minimum atomic E-state index is 0.633. The molecule has 1 aromatic heterocycles. The van der Waals surface area contributed by atoms with Crippen molar-refractivity contribution in [2.75, 3.05) is 31.2 Å². The van der Waals surface area contributed by atoms with Crippen LogP contribution in [0.5, 0.6) is 0 Å². The third-order valence-corrected chi connectivity index (χ3v) is 2.97. The monoisotopic (exact) mass is 206 g/mol. The maximum absolute atomic E-state index is 5.68. The van der Waals surface area contributed by atoms with Gasteiger partial charge < -0.3 is 16.0 Å². The van der Waals surface area contributed by atoms with Crippen molar-refractivity contribution in [1.82, 2.24) is 9.88 Å². The molecule has 1 saturated heterocycles. The van der Waals surface area contributed by atoms with Crippen LogP contribution in [0, 0.1) is 0 Å². The first-order chi connectivity index (χ1) is 7.25. The summed E-state index contributed by atoms with van der Waals surface area (Å²) in [6.07, 6.45) is 4.30. The summed E-state index contributed by atoms with van der Waals surface area (Å²) in [5.74, 6) is 0.871. The van der Waals surface area contributed by atoms with E-state index in [0.717, 1.165) is 18.1 Å². The predicted octanol–water partition coefficient (Wildman–Crippen LogP) is 1.17. The predicted molar refractivity (Wildman–Crippen MR) is 62.8 cm³/mol. The summed E-state index contributed by atoms with van der Waals surface area (Å²) < 4.78 is 0. The Kier molecular flexibility index (Phi) is 3.06. The van der Waals surface area contributed by atoms with Gasteiger partial charge in [-0.1, -0.05) is 0 Å². The molecule has 0 radical (unpaired) electrons. The van der Waals surface area contributed by atoms with E-state index in [9.17, 15) is 0 Å². The molecule has 1 unspecified atom stereocenters. The van der Waals surface area contributed by atoms with E-state index in [-0.39, 0.29) is 0 Å². The topological polar surface area (TPSA) is 54.2 Å². The molecule has 0 bridgehead atoms. The summed E-state index contributed by atoms with van der Waals surface area (Å²) in [5.41, 5.74) is 6.44. The molecule has 1 aromatic rings. The molecule has 0 aliphatic carbocycles. The lowest BCUT2D eigenvalue weighted by Crippen LogP contribution is -2.31. The fourth-order valence-corrected chi connectivity index (χ4v) is 2.00. The van der Waals surface area contributed by atoms with Crippen molar-refractivity contribution in [3.63, 3.8) is 0 Å². The Balaban J connectivity index is 1.87. The quantitative estimate of drug-likeness (QED) is 0.779. The van der Waals surface area contributed by atoms with Crippen LogP contribution in [-0.4, -0.2) is 36.1 Å². The van der Waals surface area contributed by atoms with Gasteiger partial charge in [0.15, 0.2) is 0 Å². The van der Waals surface area contributed by atoms with E-state index in [1.807, 2.05) is 6.07 Å². The molecular formula is C11H18N4. The first kappa shape index (κ1) is 10.2. The highest BCUT2D eigenvalue weighted by Gasteiger charge is 2.20. The Morgan fingerprint density at radius 2 is 2.53 bits per heavy atom. The number of nitrogens with zero attached hydrogens (tertiary/aromatic N) is 2. The van der Waals surface area contributed by atoms with Crippen LogP contribution in [-0.2, 0) is 0 Å². The molecule has 1 atom stereocenters. The minimum absolute atomic E-state index is 0.633. The Morgan fingerprint density at radius 3 is 3.20 bits per heavy atom. The van der Waals surface area contributed by atoms with Crippen molar-refractivity contribution in [1.29, 1.82) is 0 Å². The van der Waals surface area contributed by atoms with Gasteiger partial charge in [0.05, 0.1) is 0 Å². The van der Waals surface area contributed by atoms with Gasteiger partial charge in [-0.2, -0.15) is 0 Å². The molecule has 1 aliphatic rings. The standard InChI is InChI=1S/C11H18N4/c1-15-6-2-3-10(15)8-14-11-7-9(12)4-5-13-11/h4-5,7,10H,2-3,6,8H2,1H3,(H3,12,13,14). The van der Waals surface area contributed by atoms with Gasteiger partial charge in [-0.25, -0.2) is 4.98 Å². The van der Waals surface area contributed by atoms with Gasteiger partial charge in [0.25, 0.3) is 0 Å². The summed E-state index contributed by atoms with van der Waals surface area (Å²) in [4.78, 5) is 6.60. The van der Waals surface area contributed by atoms with Crippen LogP contribution in [0.15, 0.2) is 18.3 Å². The zero-order chi connectivity index (χ0) is 10.7. The highest BCUT2D eigenvalue weighted by molar-refractivity contribution is 5.48. The summed E-state index contributed by atoms with van der Waals surface area (Å²) in [6.45, 7) is 2.16. The van der Waals surface area contributed by atoms with Gasteiger partial charge in [-0.05, 0) is 32.5 Å². The molecule has 1 aliphatic heterocycles. The molecule has 0 amide bonds. The molecule has 0 saturated carbocycles. The number of likely N-dealkylation sites (tertiary alicyclic amines) is 1. The highest BCUT2D eigenvalue weighted by Crippen LogP contribution is 2.15. The molecule has 0 aromatic carbocycles. The Bertz CT molecular complexity index is 326. The largest absolute Gasteiger partial charge is 0.399 e. The maximum Gasteiger partial charge on any atom is 0.127 e. The van der Waals surface area contributed by atoms with Gasteiger partial charge in [0.1, 0.15) is 5.82 Å². The van der Waals surface area contributed by atoms with E-state index in [4.69, 9.17) is 5.73 Å². The molecule has 2 heterocycles. The van der Waals surface area contributed by atoms with E-state index >= 15 is 0 Å². The van der Waals surface area contributed by atoms with Crippen molar-refractivity contribution in [3.05, 3.63) is 18.3 Å². The first-order valence-electron chi connectivity index (χ1n) is 5.41. The number of hydrogen-bond acceptors (Lipinski definition) is 4. The number of nitrogens with one attached hydrogen (secondary N) is 1. The van der Waals surface area contributed by atoms with Crippen molar-refractivity contribution < 1.29 is 0 Å². The number of likely N-dealkylation sites (N-methyl/N-ethyl adjacent to an activating group) is 1. The Morgan fingerprint density at radius 1 is 1.67 bits per heavy atom. The molecule has 0 spiro atoms. The molecule has 4 nitrogen and oxygen atoms in total. The Labute approximate surface area is 90.5 Å². The van der Waals surface area contributed by atoms with Gasteiger partial charge in [-0.15, -0.1) is 0 Å². The van der Waals surface area contributed by atoms with Crippen molar-refractivity contribution in [2.45, 2.75) is 18.9 Å². The second-order valence-corrected chi connectivity index (χ2v) is 4.13. The second kappa shape index (κ2) is 4.49. The van der Waals surface area contributed by atoms with Crippen LogP contribution in [0.3, 0.4) is 0 Å². The van der Waals surface area contributed by atoms with E-state index < -0.39 is 0 Å². The third kappa shape index (κ3) is 2.59. The van der Waals surface area contributed by atoms with Crippen LogP contribution >= 0.6 is 0 Å². The lowest BCUT2D eigenvalue weighted by molar-refractivity contribution is 0.322. The van der Waals surface area contributed by atoms with E-state index in [1.54, 1.807) is 12.3 Å². The average molecular weight is 206 g/mol. The van der Waals surface area contributed by atoms with Crippen LogP contribution in [0.1, 0.15) is 12.8 Å². The van der Waals surface area contributed by atoms with Gasteiger partial charge in [0, 0.05) is 30.5 Å². The van der Waals surface area contributed by atoms with Crippen LogP contribution in [0.2, 0.25) is 0 Å². The SMILES string of the molecule is CN1CCCC1CNc1cc(N)ccn1. The minimum Gasteiger partial charge on any atom is -0.399 e. The number of anilines is 2. The number of aromatic nitrogens is 1. The molecular weight excluding hydrogens is 188 g/mol. The summed E-state index contributed by atoms with van der Waals surface area (Å²) in [6, 6.07) is 4.30. The summed E-state index contributed by atoms with van der Waals surface area (Å²) >= 11 is 0. The van der Waals surface area contributed by atoms with E-state index in [0.29, 0.717) is 6.04 Å². The number of rotatable bonds is 3. The fraction of sp³-hybridized carbons (Fsp3) is 0.545. The zero-order valence-electron chi connectivity index (χ0n) is 9.11. The van der Waals surface area contributed by atoms with Crippen molar-refractivity contribution in [3.8, 4) is 0 Å². The lowest BCUT2D eigenvalue weighted by atomic mass is 10.2. The first-order valence-corrected chi connectivity index (χ1v) is 5.41. The van der Waals surface area contributed by atoms with E-state index in [1.165, 1.54) is 19.4 Å². The molecule has 1 fully saturated rings. The average Bonchev–Trinajstić information content (AvgIpc) is 2.61. The maximum atomic E-state index is 5.68. The van der Waals surface area contributed by atoms with Crippen LogP contribution in [0.4, 0.5) is 11.5 Å². The van der Waals surface area contributed by atoms with Gasteiger partial charge in [0.2, 0.25) is 0 Å². The highest BCUT2D eigenvalue weighted by atomic mass is 15.2. The number of nitrogen functional groups attached to an aromatic ring is 1. The number of nitrogens with two attached hydrogens (primary N) is 1. The molecule has 82 valence electrons. The lowest BCUT2D eigenvalue weighted by Gasteiger charge is -2.19. The molecule has 15 heavy (non-hydrogen) atoms. The van der Waals surface area contributed by atoms with Crippen molar-refractivity contribution >= 4 is 11.5 Å². The molecule has 3 N–H and O–H groups in total. The number of pyridine rings is 1. The summed E-state index contributed by atoms with van der Waals surface area (Å²) in [5, 5.41) is 3.33. The van der Waals surface area contributed by atoms with Crippen LogP contribution in [0.25, 0.3) is 0 Å². The second-order valence-electron chi connectivity index (χ2n) is 4.13. The summed E-state index contributed by atoms with van der Waals surface area (Å²) in [7, 11) is 2.17. The molecule has 2 rings (SSSR count).